The first-order valence-electron chi connectivity index (χ1n) is 9.05. The van der Waals surface area contributed by atoms with Gasteiger partial charge in [0.25, 0.3) is 5.69 Å². The molecule has 0 aliphatic heterocycles. The Morgan fingerprint density at radius 2 is 1.43 bits per heavy atom. The van der Waals surface area contributed by atoms with E-state index < -0.39 is 4.92 Å². The lowest BCUT2D eigenvalue weighted by molar-refractivity contribution is -0.384. The summed E-state index contributed by atoms with van der Waals surface area (Å²) in [7, 11) is 3.11. The Balaban J connectivity index is 0.000000921. The van der Waals surface area contributed by atoms with Crippen molar-refractivity contribution in [2.24, 2.45) is 0 Å². The zero-order chi connectivity index (χ0) is 21.1. The molecule has 0 amide bonds. The Hall–Kier alpha value is -3.35. The van der Waals surface area contributed by atoms with Gasteiger partial charge < -0.3 is 14.2 Å². The molecule has 0 spiro atoms. The highest BCUT2D eigenvalue weighted by atomic mass is 16.6. The third-order valence-corrected chi connectivity index (χ3v) is 3.48. The number of benzene rings is 2. The van der Waals surface area contributed by atoms with Crippen LogP contribution in [0.25, 0.3) is 10.9 Å². The van der Waals surface area contributed by atoms with Crippen molar-refractivity contribution in [2.75, 3.05) is 14.2 Å². The molecule has 0 aliphatic rings. The van der Waals surface area contributed by atoms with E-state index in [0.29, 0.717) is 28.5 Å². The number of aromatic nitrogens is 1. The zero-order valence-corrected chi connectivity index (χ0v) is 17.1. The van der Waals surface area contributed by atoms with Crippen LogP contribution >= 0.6 is 0 Å². The van der Waals surface area contributed by atoms with Crippen LogP contribution in [0, 0.1) is 10.1 Å². The van der Waals surface area contributed by atoms with E-state index in [9.17, 15) is 10.1 Å². The van der Waals surface area contributed by atoms with Crippen LogP contribution in [0.15, 0.2) is 48.7 Å². The third kappa shape index (κ3) is 5.33. The first kappa shape index (κ1) is 22.7. The maximum atomic E-state index is 10.7. The minimum atomic E-state index is -0.456. The van der Waals surface area contributed by atoms with Gasteiger partial charge in [-0.2, -0.15) is 0 Å². The summed E-state index contributed by atoms with van der Waals surface area (Å²) >= 11 is 0. The van der Waals surface area contributed by atoms with Crippen molar-refractivity contribution >= 4 is 16.6 Å². The smallest absolute Gasteiger partial charge is 0.269 e. The Kier molecular flexibility index (Phi) is 9.22. The summed E-state index contributed by atoms with van der Waals surface area (Å²) in [5.74, 6) is 2.19. The van der Waals surface area contributed by atoms with E-state index in [1.165, 1.54) is 12.1 Å². The molecule has 0 atom stereocenters. The molecule has 2 aromatic carbocycles. The Bertz CT molecular complexity index is 895. The van der Waals surface area contributed by atoms with Gasteiger partial charge in [0.05, 0.1) is 24.7 Å². The van der Waals surface area contributed by atoms with Crippen molar-refractivity contribution < 1.29 is 19.1 Å². The maximum absolute atomic E-state index is 10.7. The summed E-state index contributed by atoms with van der Waals surface area (Å²) in [5, 5.41) is 11.5. The van der Waals surface area contributed by atoms with Gasteiger partial charge in [0, 0.05) is 29.8 Å². The number of ether oxygens (including phenoxy) is 3. The molecule has 0 aliphatic carbocycles. The molecule has 0 N–H and O–H groups in total. The molecule has 0 radical (unpaired) electrons. The van der Waals surface area contributed by atoms with Crippen LogP contribution in [0.5, 0.6) is 23.0 Å². The van der Waals surface area contributed by atoms with Crippen LogP contribution in [0.3, 0.4) is 0 Å². The van der Waals surface area contributed by atoms with E-state index in [0.717, 1.165) is 5.39 Å². The average Bonchev–Trinajstić information content (AvgIpc) is 2.76. The molecule has 3 aromatic rings. The minimum Gasteiger partial charge on any atom is -0.493 e. The van der Waals surface area contributed by atoms with Gasteiger partial charge in [-0.05, 0) is 24.3 Å². The van der Waals surface area contributed by atoms with Crippen molar-refractivity contribution in [1.29, 1.82) is 0 Å². The number of fused-ring (bicyclic) bond motifs is 1. The second kappa shape index (κ2) is 11.4. The number of non-ortho nitro benzene ring substituents is 1. The third-order valence-electron chi connectivity index (χ3n) is 3.48. The highest BCUT2D eigenvalue weighted by Crippen LogP contribution is 2.36. The molecule has 3 rings (SSSR count). The summed E-state index contributed by atoms with van der Waals surface area (Å²) in [6.07, 6.45) is 1.62. The van der Waals surface area contributed by atoms with E-state index in [1.807, 2.05) is 27.7 Å². The van der Waals surface area contributed by atoms with Gasteiger partial charge in [0.15, 0.2) is 11.5 Å². The standard InChI is InChI=1S/C17H14N2O5.2C2H6/c1-22-16-9-13-14(10-17(16)23-2)18-8-7-15(13)24-12-5-3-11(4-6-12)19(20)21;2*1-2/h3-10H,1-2H3;2*1-2H3. The first-order valence-corrected chi connectivity index (χ1v) is 9.05. The number of pyridine rings is 1. The second-order valence-electron chi connectivity index (χ2n) is 4.89. The molecule has 7 nitrogen and oxygen atoms in total. The molecule has 150 valence electrons. The van der Waals surface area contributed by atoms with Crippen molar-refractivity contribution in [2.45, 2.75) is 27.7 Å². The fourth-order valence-corrected chi connectivity index (χ4v) is 2.30. The lowest BCUT2D eigenvalue weighted by Crippen LogP contribution is -1.93. The predicted octanol–water partition coefficient (Wildman–Crippen LogP) is 6.00. The predicted molar refractivity (Wildman–Crippen MR) is 111 cm³/mol. The molecule has 1 heterocycles. The molecule has 0 unspecified atom stereocenters. The van der Waals surface area contributed by atoms with Crippen LogP contribution < -0.4 is 14.2 Å². The quantitative estimate of drug-likeness (QED) is 0.395. The van der Waals surface area contributed by atoms with E-state index in [-0.39, 0.29) is 5.69 Å². The summed E-state index contributed by atoms with van der Waals surface area (Å²) in [5.41, 5.74) is 0.695. The van der Waals surface area contributed by atoms with Gasteiger partial charge >= 0.3 is 0 Å². The van der Waals surface area contributed by atoms with Crippen LogP contribution in [0.2, 0.25) is 0 Å². The lowest BCUT2D eigenvalue weighted by atomic mass is 10.2. The Morgan fingerprint density at radius 1 is 0.857 bits per heavy atom. The van der Waals surface area contributed by atoms with Crippen LogP contribution in [0.4, 0.5) is 5.69 Å². The molecule has 1 aromatic heterocycles. The molecule has 0 fully saturated rings. The van der Waals surface area contributed by atoms with Crippen molar-refractivity contribution in [3.05, 3.63) is 58.8 Å². The average molecular weight is 386 g/mol. The van der Waals surface area contributed by atoms with Gasteiger partial charge in [-0.25, -0.2) is 0 Å². The van der Waals surface area contributed by atoms with Crippen molar-refractivity contribution in [1.82, 2.24) is 4.98 Å². The van der Waals surface area contributed by atoms with E-state index in [1.54, 1.807) is 50.7 Å². The highest BCUT2D eigenvalue weighted by Gasteiger charge is 2.12. The molecule has 0 saturated carbocycles. The number of rotatable bonds is 5. The molecule has 0 saturated heterocycles. The number of nitrogens with zero attached hydrogens (tertiary/aromatic N) is 2. The summed E-state index contributed by atoms with van der Waals surface area (Å²) in [6, 6.07) is 11.1. The summed E-state index contributed by atoms with van der Waals surface area (Å²) in [6.45, 7) is 8.00. The largest absolute Gasteiger partial charge is 0.493 e. The number of hydrogen-bond donors (Lipinski definition) is 0. The lowest BCUT2D eigenvalue weighted by Gasteiger charge is -2.12. The van der Waals surface area contributed by atoms with Gasteiger partial charge in [-0.3, -0.25) is 15.1 Å². The summed E-state index contributed by atoms with van der Waals surface area (Å²) in [4.78, 5) is 14.6. The Morgan fingerprint density at radius 3 is 1.96 bits per heavy atom. The van der Waals surface area contributed by atoms with Crippen LogP contribution in [-0.4, -0.2) is 24.1 Å². The van der Waals surface area contributed by atoms with Gasteiger partial charge in [0.2, 0.25) is 0 Å². The molecule has 28 heavy (non-hydrogen) atoms. The number of methoxy groups -OCH3 is 2. The van der Waals surface area contributed by atoms with Gasteiger partial charge in [-0.15, -0.1) is 0 Å². The SMILES string of the molecule is CC.CC.COc1cc2nccc(Oc3ccc([N+](=O)[O-])cc3)c2cc1OC. The number of nitro benzene ring substituents is 1. The van der Waals surface area contributed by atoms with E-state index in [4.69, 9.17) is 14.2 Å². The van der Waals surface area contributed by atoms with E-state index >= 15 is 0 Å². The monoisotopic (exact) mass is 386 g/mol. The minimum absolute atomic E-state index is 0.00772. The van der Waals surface area contributed by atoms with E-state index in [2.05, 4.69) is 4.98 Å². The van der Waals surface area contributed by atoms with Gasteiger partial charge in [-0.1, -0.05) is 27.7 Å². The molecule has 0 bridgehead atoms. The second-order valence-corrected chi connectivity index (χ2v) is 4.89. The summed E-state index contributed by atoms with van der Waals surface area (Å²) < 4.78 is 16.4. The number of nitro groups is 1. The van der Waals surface area contributed by atoms with Crippen LogP contribution in [-0.2, 0) is 0 Å². The topological polar surface area (TPSA) is 83.7 Å². The van der Waals surface area contributed by atoms with Crippen LogP contribution in [0.1, 0.15) is 27.7 Å². The zero-order valence-electron chi connectivity index (χ0n) is 17.1. The molecular weight excluding hydrogens is 360 g/mol. The van der Waals surface area contributed by atoms with Gasteiger partial charge in [0.1, 0.15) is 11.5 Å². The molecular formula is C21H26N2O5. The van der Waals surface area contributed by atoms with Crippen molar-refractivity contribution in [3.63, 3.8) is 0 Å². The fraction of sp³-hybridized carbons (Fsp3) is 0.286. The molecule has 7 heteroatoms. The highest BCUT2D eigenvalue weighted by molar-refractivity contribution is 5.88. The maximum Gasteiger partial charge on any atom is 0.269 e. The fourth-order valence-electron chi connectivity index (χ4n) is 2.30. The number of hydrogen-bond acceptors (Lipinski definition) is 6. The first-order chi connectivity index (χ1) is 13.6. The Labute approximate surface area is 165 Å². The normalized spacial score (nSPS) is 9.36. The van der Waals surface area contributed by atoms with Crippen molar-refractivity contribution in [3.8, 4) is 23.0 Å².